The van der Waals surface area contributed by atoms with E-state index in [4.69, 9.17) is 0 Å². The van der Waals surface area contributed by atoms with Gasteiger partial charge in [0, 0.05) is 12.4 Å². The highest BCUT2D eigenvalue weighted by molar-refractivity contribution is 6.07. The Balaban J connectivity index is 1.96. The van der Waals surface area contributed by atoms with Crippen LogP contribution in [-0.4, -0.2) is 35.7 Å². The molecule has 3 aromatic rings. The number of rotatable bonds is 2. The summed E-state index contributed by atoms with van der Waals surface area (Å²) in [4.78, 5) is 19.8. The quantitative estimate of drug-likeness (QED) is 0.649. The van der Waals surface area contributed by atoms with E-state index in [9.17, 15) is 4.79 Å². The molecular weight excluding hydrogens is 222 g/mol. The van der Waals surface area contributed by atoms with Gasteiger partial charge in [0.1, 0.15) is 11.9 Å². The molecule has 0 bridgehead atoms. The lowest BCUT2D eigenvalue weighted by Crippen LogP contribution is -2.13. The van der Waals surface area contributed by atoms with Crippen LogP contribution in [0.3, 0.4) is 0 Å². The van der Waals surface area contributed by atoms with Gasteiger partial charge in [-0.15, -0.1) is 0 Å². The molecule has 0 aliphatic heterocycles. The van der Waals surface area contributed by atoms with Crippen LogP contribution in [0.1, 0.15) is 10.4 Å². The van der Waals surface area contributed by atoms with Gasteiger partial charge in [-0.05, 0) is 6.07 Å². The van der Waals surface area contributed by atoms with Crippen molar-refractivity contribution in [2.45, 2.75) is 0 Å². The molecule has 0 aromatic carbocycles. The average Bonchev–Trinajstić information content (AvgIpc) is 2.96. The number of anilines is 1. The van der Waals surface area contributed by atoms with Crippen molar-refractivity contribution < 1.29 is 4.79 Å². The van der Waals surface area contributed by atoms with Crippen LogP contribution in [0.25, 0.3) is 5.65 Å². The van der Waals surface area contributed by atoms with Crippen molar-refractivity contribution in [3.8, 4) is 0 Å². The molecule has 0 spiro atoms. The Morgan fingerprint density at radius 1 is 1.41 bits per heavy atom. The Morgan fingerprint density at radius 3 is 3.18 bits per heavy atom. The molecular formula is C9H7N7O. The fourth-order valence-corrected chi connectivity index (χ4v) is 1.43. The molecule has 0 fully saturated rings. The first-order chi connectivity index (χ1) is 8.34. The molecule has 0 radical (unpaired) electrons. The van der Waals surface area contributed by atoms with Crippen molar-refractivity contribution >= 4 is 17.5 Å². The van der Waals surface area contributed by atoms with Crippen LogP contribution >= 0.6 is 0 Å². The Hall–Kier alpha value is -2.77. The Labute approximate surface area is 94.7 Å². The largest absolute Gasteiger partial charge is 0.291 e. The summed E-state index contributed by atoms with van der Waals surface area (Å²) in [6.07, 6.45) is 6.08. The number of carbonyl (C=O) groups is 1. The predicted molar refractivity (Wildman–Crippen MR) is 57.3 cm³/mol. The van der Waals surface area contributed by atoms with Crippen molar-refractivity contribution in [2.24, 2.45) is 0 Å². The van der Waals surface area contributed by atoms with Crippen molar-refractivity contribution in [3.05, 3.63) is 36.5 Å². The molecule has 3 heterocycles. The summed E-state index contributed by atoms with van der Waals surface area (Å²) in [6, 6.07) is 1.73. The maximum Gasteiger partial charge on any atom is 0.263 e. The standard InChI is InChI=1S/C9H7N7O/c17-8(14-9-11-5-12-15-9)6-4-13-16-3-1-2-10-7(6)16/h1-5H,(H2,11,12,14,15,17). The van der Waals surface area contributed by atoms with Crippen LogP contribution in [0.5, 0.6) is 0 Å². The van der Waals surface area contributed by atoms with Crippen LogP contribution in [-0.2, 0) is 0 Å². The molecule has 0 atom stereocenters. The summed E-state index contributed by atoms with van der Waals surface area (Å²) in [6.45, 7) is 0. The summed E-state index contributed by atoms with van der Waals surface area (Å²) in [7, 11) is 0. The molecule has 1 amide bonds. The van der Waals surface area contributed by atoms with E-state index in [1.807, 2.05) is 0 Å². The number of H-pyrrole nitrogens is 1. The van der Waals surface area contributed by atoms with E-state index in [1.54, 1.807) is 18.5 Å². The highest BCUT2D eigenvalue weighted by Gasteiger charge is 2.14. The summed E-state index contributed by atoms with van der Waals surface area (Å²) in [5.74, 6) is -0.0549. The van der Waals surface area contributed by atoms with Gasteiger partial charge in [-0.3, -0.25) is 10.1 Å². The van der Waals surface area contributed by atoms with Crippen molar-refractivity contribution in [3.63, 3.8) is 0 Å². The monoisotopic (exact) mass is 229 g/mol. The number of amides is 1. The van der Waals surface area contributed by atoms with Gasteiger partial charge in [-0.25, -0.2) is 14.6 Å². The molecule has 8 heteroatoms. The van der Waals surface area contributed by atoms with Crippen LogP contribution in [0.4, 0.5) is 5.95 Å². The smallest absolute Gasteiger partial charge is 0.263 e. The van der Waals surface area contributed by atoms with E-state index in [-0.39, 0.29) is 11.9 Å². The number of hydrogen-bond acceptors (Lipinski definition) is 5. The van der Waals surface area contributed by atoms with Crippen molar-refractivity contribution in [1.82, 2.24) is 29.8 Å². The van der Waals surface area contributed by atoms with E-state index < -0.39 is 0 Å². The number of hydrogen-bond donors (Lipinski definition) is 2. The summed E-state index contributed by atoms with van der Waals surface area (Å²) < 4.78 is 1.52. The fourth-order valence-electron chi connectivity index (χ4n) is 1.43. The minimum absolute atomic E-state index is 0.283. The minimum atomic E-state index is -0.338. The zero-order valence-electron chi connectivity index (χ0n) is 8.53. The van der Waals surface area contributed by atoms with E-state index in [0.717, 1.165) is 0 Å². The summed E-state index contributed by atoms with van der Waals surface area (Å²) >= 11 is 0. The first kappa shape index (κ1) is 9.46. The third kappa shape index (κ3) is 1.61. The topological polar surface area (TPSA) is 101 Å². The maximum atomic E-state index is 11.9. The number of nitrogens with one attached hydrogen (secondary N) is 2. The van der Waals surface area contributed by atoms with E-state index in [2.05, 4.69) is 30.6 Å². The van der Waals surface area contributed by atoms with Crippen LogP contribution < -0.4 is 5.32 Å². The van der Waals surface area contributed by atoms with Gasteiger partial charge in [0.25, 0.3) is 5.91 Å². The van der Waals surface area contributed by atoms with Gasteiger partial charge >= 0.3 is 0 Å². The minimum Gasteiger partial charge on any atom is -0.291 e. The summed E-state index contributed by atoms with van der Waals surface area (Å²) in [5, 5.41) is 12.7. The molecule has 17 heavy (non-hydrogen) atoms. The van der Waals surface area contributed by atoms with Gasteiger partial charge in [0.05, 0.1) is 6.20 Å². The molecule has 0 aliphatic rings. The highest BCUT2D eigenvalue weighted by Crippen LogP contribution is 2.08. The lowest BCUT2D eigenvalue weighted by atomic mass is 10.3. The van der Waals surface area contributed by atoms with E-state index in [0.29, 0.717) is 11.2 Å². The van der Waals surface area contributed by atoms with Crippen LogP contribution in [0.15, 0.2) is 31.0 Å². The van der Waals surface area contributed by atoms with Crippen LogP contribution in [0.2, 0.25) is 0 Å². The molecule has 3 rings (SSSR count). The van der Waals surface area contributed by atoms with Crippen LogP contribution in [0, 0.1) is 0 Å². The van der Waals surface area contributed by atoms with Crippen molar-refractivity contribution in [2.75, 3.05) is 5.32 Å². The lowest BCUT2D eigenvalue weighted by molar-refractivity contribution is 0.102. The van der Waals surface area contributed by atoms with E-state index in [1.165, 1.54) is 17.0 Å². The lowest BCUT2D eigenvalue weighted by Gasteiger charge is -1.98. The van der Waals surface area contributed by atoms with Crippen molar-refractivity contribution in [1.29, 1.82) is 0 Å². The summed E-state index contributed by atoms with van der Waals surface area (Å²) in [5.41, 5.74) is 0.867. The number of aromatic amines is 1. The Bertz CT molecular complexity index is 657. The second kappa shape index (κ2) is 3.67. The second-order valence-electron chi connectivity index (χ2n) is 3.23. The molecule has 8 nitrogen and oxygen atoms in total. The first-order valence-electron chi connectivity index (χ1n) is 4.79. The first-order valence-corrected chi connectivity index (χ1v) is 4.79. The second-order valence-corrected chi connectivity index (χ2v) is 3.23. The number of nitrogens with zero attached hydrogens (tertiary/aromatic N) is 5. The predicted octanol–water partition coefficient (Wildman–Crippen LogP) is 0.0997. The van der Waals surface area contributed by atoms with Gasteiger partial charge in [-0.1, -0.05) is 0 Å². The SMILES string of the molecule is O=C(Nc1ncn[nH]1)c1cnn2cccnc12. The molecule has 0 unspecified atom stereocenters. The molecule has 84 valence electrons. The number of carbonyl (C=O) groups excluding carboxylic acids is 1. The van der Waals surface area contributed by atoms with Gasteiger partial charge in [0.15, 0.2) is 5.65 Å². The third-order valence-electron chi connectivity index (χ3n) is 2.17. The Morgan fingerprint density at radius 2 is 2.35 bits per heavy atom. The highest BCUT2D eigenvalue weighted by atomic mass is 16.1. The molecule has 2 N–H and O–H groups in total. The van der Waals surface area contributed by atoms with Gasteiger partial charge in [0.2, 0.25) is 5.95 Å². The Kier molecular flexibility index (Phi) is 2.04. The molecule has 0 aliphatic carbocycles. The third-order valence-corrected chi connectivity index (χ3v) is 2.17. The zero-order valence-corrected chi connectivity index (χ0v) is 8.53. The average molecular weight is 229 g/mol. The molecule has 3 aromatic heterocycles. The van der Waals surface area contributed by atoms with E-state index >= 15 is 0 Å². The number of fused-ring (bicyclic) bond motifs is 1. The molecule has 0 saturated heterocycles. The fraction of sp³-hybridized carbons (Fsp3) is 0. The van der Waals surface area contributed by atoms with Gasteiger partial charge < -0.3 is 0 Å². The number of aromatic nitrogens is 6. The normalized spacial score (nSPS) is 10.6. The molecule has 0 saturated carbocycles. The van der Waals surface area contributed by atoms with Gasteiger partial charge in [-0.2, -0.15) is 15.2 Å². The zero-order chi connectivity index (χ0) is 11.7. The maximum absolute atomic E-state index is 11.9.